The molecular weight excluding hydrogens is 286 g/mol. The van der Waals surface area contributed by atoms with E-state index < -0.39 is 0 Å². The molecule has 118 valence electrons. The number of aliphatic hydroxyl groups is 1. The van der Waals surface area contributed by atoms with Crippen molar-refractivity contribution < 1.29 is 5.11 Å². The van der Waals surface area contributed by atoms with Gasteiger partial charge in [0.15, 0.2) is 0 Å². The van der Waals surface area contributed by atoms with Crippen molar-refractivity contribution >= 4 is 5.69 Å². The summed E-state index contributed by atoms with van der Waals surface area (Å²) in [5.41, 5.74) is 4.59. The number of aromatic nitrogens is 2. The lowest BCUT2D eigenvalue weighted by Gasteiger charge is -2.20. The predicted octanol–water partition coefficient (Wildman–Crippen LogP) is 3.39. The number of nitrogens with zero attached hydrogens (tertiary/aromatic N) is 2. The van der Waals surface area contributed by atoms with E-state index in [9.17, 15) is 0 Å². The third-order valence-electron chi connectivity index (χ3n) is 3.82. The van der Waals surface area contributed by atoms with E-state index in [-0.39, 0.29) is 12.6 Å². The molecule has 0 aliphatic carbocycles. The van der Waals surface area contributed by atoms with Gasteiger partial charge in [-0.1, -0.05) is 60.2 Å². The Balaban J connectivity index is 1.90. The minimum atomic E-state index is 0.0589. The summed E-state index contributed by atoms with van der Waals surface area (Å²) < 4.78 is 1.74. The van der Waals surface area contributed by atoms with Crippen LogP contribution in [0.4, 0.5) is 5.69 Å². The van der Waals surface area contributed by atoms with E-state index in [4.69, 9.17) is 5.11 Å². The van der Waals surface area contributed by atoms with Crippen molar-refractivity contribution in [2.75, 3.05) is 11.9 Å². The average molecular weight is 307 g/mol. The highest BCUT2D eigenvalue weighted by atomic mass is 16.3. The summed E-state index contributed by atoms with van der Waals surface area (Å²) in [6.07, 6.45) is 3.71. The molecule has 0 aliphatic rings. The normalized spacial score (nSPS) is 12.1. The molecule has 4 heteroatoms. The zero-order valence-corrected chi connectivity index (χ0v) is 13.2. The maximum absolute atomic E-state index is 9.01. The summed E-state index contributed by atoms with van der Waals surface area (Å²) in [6.45, 7) is 2.68. The smallest absolute Gasteiger partial charge is 0.0768 e. The molecule has 0 saturated carbocycles. The van der Waals surface area contributed by atoms with Crippen LogP contribution in [0.5, 0.6) is 0 Å². The lowest BCUT2D eigenvalue weighted by molar-refractivity contribution is 0.269. The molecule has 0 radical (unpaired) electrons. The van der Waals surface area contributed by atoms with Crippen molar-refractivity contribution in [1.29, 1.82) is 0 Å². The van der Waals surface area contributed by atoms with E-state index in [1.165, 1.54) is 16.7 Å². The second-order valence-electron chi connectivity index (χ2n) is 5.61. The van der Waals surface area contributed by atoms with Crippen molar-refractivity contribution in [3.05, 3.63) is 83.7 Å². The van der Waals surface area contributed by atoms with Gasteiger partial charge in [-0.15, -0.1) is 0 Å². The van der Waals surface area contributed by atoms with Crippen LogP contribution in [0.25, 0.3) is 0 Å². The number of hydrogen-bond acceptors (Lipinski definition) is 3. The molecule has 2 aromatic carbocycles. The third-order valence-corrected chi connectivity index (χ3v) is 3.82. The molecule has 1 aromatic heterocycles. The molecule has 0 aliphatic heterocycles. The molecule has 2 N–H and O–H groups in total. The van der Waals surface area contributed by atoms with E-state index in [0.29, 0.717) is 6.54 Å². The molecule has 0 fully saturated rings. The Labute approximate surface area is 136 Å². The van der Waals surface area contributed by atoms with E-state index in [2.05, 4.69) is 53.7 Å². The van der Waals surface area contributed by atoms with Gasteiger partial charge in [-0.05, 0) is 18.1 Å². The van der Waals surface area contributed by atoms with E-state index in [1.807, 2.05) is 24.4 Å². The molecule has 0 spiro atoms. The minimum Gasteiger partial charge on any atom is -0.394 e. The van der Waals surface area contributed by atoms with Gasteiger partial charge in [0.1, 0.15) is 0 Å². The number of aliphatic hydroxyl groups excluding tert-OH is 1. The largest absolute Gasteiger partial charge is 0.394 e. The van der Waals surface area contributed by atoms with Gasteiger partial charge in [-0.25, -0.2) is 0 Å². The highest BCUT2D eigenvalue weighted by Crippen LogP contribution is 2.26. The molecule has 1 unspecified atom stereocenters. The standard InChI is InChI=1S/C19H21N3O/c1-15-7-9-17(10-8-15)19(16-5-3-2-4-6-16)21-18-13-20-22(14-18)11-12-23/h2-10,13-14,19,21,23H,11-12H2,1H3. The fourth-order valence-electron chi connectivity index (χ4n) is 2.59. The first-order valence-corrected chi connectivity index (χ1v) is 7.77. The fraction of sp³-hybridized carbons (Fsp3) is 0.211. The third kappa shape index (κ3) is 3.79. The Kier molecular flexibility index (Phi) is 4.74. The number of nitrogens with one attached hydrogen (secondary N) is 1. The second-order valence-corrected chi connectivity index (χ2v) is 5.61. The van der Waals surface area contributed by atoms with Crippen LogP contribution in [0.1, 0.15) is 22.7 Å². The monoisotopic (exact) mass is 307 g/mol. The molecule has 0 saturated heterocycles. The van der Waals surface area contributed by atoms with Gasteiger partial charge < -0.3 is 10.4 Å². The first-order valence-electron chi connectivity index (χ1n) is 7.77. The zero-order valence-electron chi connectivity index (χ0n) is 13.2. The quantitative estimate of drug-likeness (QED) is 0.734. The number of aryl methyl sites for hydroxylation is 1. The van der Waals surface area contributed by atoms with Gasteiger partial charge in [0.05, 0.1) is 31.1 Å². The van der Waals surface area contributed by atoms with Crippen molar-refractivity contribution in [2.24, 2.45) is 0 Å². The van der Waals surface area contributed by atoms with Gasteiger partial charge >= 0.3 is 0 Å². The van der Waals surface area contributed by atoms with Crippen molar-refractivity contribution in [1.82, 2.24) is 9.78 Å². The number of benzene rings is 2. The summed E-state index contributed by atoms with van der Waals surface area (Å²) >= 11 is 0. The molecule has 3 rings (SSSR count). The first kappa shape index (κ1) is 15.3. The highest BCUT2D eigenvalue weighted by Gasteiger charge is 2.14. The van der Waals surface area contributed by atoms with Gasteiger partial charge in [0.2, 0.25) is 0 Å². The van der Waals surface area contributed by atoms with Crippen LogP contribution >= 0.6 is 0 Å². The van der Waals surface area contributed by atoms with Crippen molar-refractivity contribution in [3.8, 4) is 0 Å². The Bertz CT molecular complexity index is 735. The van der Waals surface area contributed by atoms with Gasteiger partial charge in [-0.2, -0.15) is 5.10 Å². The predicted molar refractivity (Wildman–Crippen MR) is 92.4 cm³/mol. The highest BCUT2D eigenvalue weighted by molar-refractivity contribution is 5.47. The molecule has 4 nitrogen and oxygen atoms in total. The second kappa shape index (κ2) is 7.11. The van der Waals surface area contributed by atoms with Crippen LogP contribution in [0, 0.1) is 6.92 Å². The van der Waals surface area contributed by atoms with Crippen molar-refractivity contribution in [2.45, 2.75) is 19.5 Å². The average Bonchev–Trinajstić information content (AvgIpc) is 3.02. The van der Waals surface area contributed by atoms with Crippen LogP contribution in [0.3, 0.4) is 0 Å². The maximum atomic E-state index is 9.01. The van der Waals surface area contributed by atoms with Crippen LogP contribution in [0.2, 0.25) is 0 Å². The maximum Gasteiger partial charge on any atom is 0.0768 e. The summed E-state index contributed by atoms with van der Waals surface area (Å²) in [4.78, 5) is 0. The molecule has 0 amide bonds. The Morgan fingerprint density at radius 2 is 1.74 bits per heavy atom. The Morgan fingerprint density at radius 3 is 2.43 bits per heavy atom. The fourth-order valence-corrected chi connectivity index (χ4v) is 2.59. The summed E-state index contributed by atoms with van der Waals surface area (Å²) in [5.74, 6) is 0. The number of hydrogen-bond donors (Lipinski definition) is 2. The van der Waals surface area contributed by atoms with E-state index in [0.717, 1.165) is 5.69 Å². The Hall–Kier alpha value is -2.59. The minimum absolute atomic E-state index is 0.0589. The van der Waals surface area contributed by atoms with Crippen LogP contribution in [0.15, 0.2) is 67.0 Å². The topological polar surface area (TPSA) is 50.1 Å². The van der Waals surface area contributed by atoms with Gasteiger partial charge in [0, 0.05) is 6.20 Å². The molecular formula is C19H21N3O. The molecule has 3 aromatic rings. The first-order chi connectivity index (χ1) is 11.3. The summed E-state index contributed by atoms with van der Waals surface area (Å²) in [7, 11) is 0. The van der Waals surface area contributed by atoms with E-state index in [1.54, 1.807) is 10.9 Å². The Morgan fingerprint density at radius 1 is 1.04 bits per heavy atom. The van der Waals surface area contributed by atoms with Crippen LogP contribution in [-0.4, -0.2) is 21.5 Å². The van der Waals surface area contributed by atoms with E-state index >= 15 is 0 Å². The molecule has 0 bridgehead atoms. The molecule has 1 atom stereocenters. The molecule has 1 heterocycles. The zero-order chi connectivity index (χ0) is 16.1. The summed E-state index contributed by atoms with van der Waals surface area (Å²) in [5, 5.41) is 16.8. The van der Waals surface area contributed by atoms with Crippen LogP contribution in [-0.2, 0) is 6.54 Å². The van der Waals surface area contributed by atoms with Crippen LogP contribution < -0.4 is 5.32 Å². The number of anilines is 1. The lowest BCUT2D eigenvalue weighted by atomic mass is 9.98. The van der Waals surface area contributed by atoms with Gasteiger partial charge in [-0.3, -0.25) is 4.68 Å². The molecule has 23 heavy (non-hydrogen) atoms. The lowest BCUT2D eigenvalue weighted by Crippen LogP contribution is -2.12. The van der Waals surface area contributed by atoms with Crippen molar-refractivity contribution in [3.63, 3.8) is 0 Å². The summed E-state index contributed by atoms with van der Waals surface area (Å²) in [6, 6.07) is 19.0. The number of rotatable bonds is 6. The SMILES string of the molecule is Cc1ccc(C(Nc2cnn(CCO)c2)c2ccccc2)cc1. The van der Waals surface area contributed by atoms with Gasteiger partial charge in [0.25, 0.3) is 0 Å².